The number of hydrogen-bond donors (Lipinski definition) is 0. The van der Waals surface area contributed by atoms with Crippen LogP contribution in [0.3, 0.4) is 0 Å². The van der Waals surface area contributed by atoms with E-state index in [1.165, 1.54) is 77.1 Å². The molecule has 0 amide bonds. The second kappa shape index (κ2) is 16.8. The molecule has 0 aliphatic heterocycles. The zero-order valence-electron chi connectivity index (χ0n) is 41.3. The first-order chi connectivity index (χ1) is 37.7. The summed E-state index contributed by atoms with van der Waals surface area (Å²) in [4.78, 5) is 0. The van der Waals surface area contributed by atoms with Crippen molar-refractivity contribution in [3.63, 3.8) is 0 Å². The average Bonchev–Trinajstić information content (AvgIpc) is 4.32. The van der Waals surface area contributed by atoms with Gasteiger partial charge in [0.2, 0.25) is 0 Å². The Kier molecular flexibility index (Phi) is 9.43. The Balaban J connectivity index is 0.753. The molecule has 0 fully saturated rings. The molecule has 11 aromatic carbocycles. The standard InChI is InChI=1S/C72H46N2O2/c1-3-19-53(20-4-1)73-65-29-9-7-23-57(65)59-27-13-25-55(71(59)73)51-17-11-15-45(39-51)47-31-35-67-61(41-47)63-43-49(33-37-69(63)75-67)50-34-38-70-64(44-50)62-42-48(32-36-68(62)76-70)46-16-12-18-52(40-46)56-26-14-28-60-58-24-8-10-30-66(58)74(72(56)60)54-21-5-2-6-22-54/h1-17,19-44,52H,18H2. The van der Waals surface area contributed by atoms with Gasteiger partial charge in [-0.3, -0.25) is 0 Å². The molecule has 4 aromatic heterocycles. The molecule has 4 heteroatoms. The molecule has 0 bridgehead atoms. The molecule has 0 N–H and O–H groups in total. The Labute approximate surface area is 437 Å². The largest absolute Gasteiger partial charge is 0.456 e. The Morgan fingerprint density at radius 2 is 0.776 bits per heavy atom. The van der Waals surface area contributed by atoms with Crippen molar-refractivity contribution in [1.82, 2.24) is 9.13 Å². The van der Waals surface area contributed by atoms with E-state index < -0.39 is 0 Å². The quantitative estimate of drug-likeness (QED) is 0.160. The lowest BCUT2D eigenvalue weighted by atomic mass is 9.86. The van der Waals surface area contributed by atoms with Gasteiger partial charge in [0, 0.05) is 65.9 Å². The fourth-order valence-corrected chi connectivity index (χ4v) is 12.5. The van der Waals surface area contributed by atoms with Crippen molar-refractivity contribution in [2.45, 2.75) is 12.3 Å². The van der Waals surface area contributed by atoms with Gasteiger partial charge >= 0.3 is 0 Å². The van der Waals surface area contributed by atoms with Crippen LogP contribution in [0.15, 0.2) is 270 Å². The van der Waals surface area contributed by atoms with E-state index >= 15 is 0 Å². The van der Waals surface area contributed by atoms with Crippen LogP contribution < -0.4 is 0 Å². The highest BCUT2D eigenvalue weighted by Crippen LogP contribution is 2.44. The number of aromatic nitrogens is 2. The number of furan rings is 2. The van der Waals surface area contributed by atoms with E-state index in [9.17, 15) is 0 Å². The Hall–Kier alpha value is -9.90. The van der Waals surface area contributed by atoms with Gasteiger partial charge in [-0.25, -0.2) is 0 Å². The zero-order valence-corrected chi connectivity index (χ0v) is 41.3. The van der Waals surface area contributed by atoms with Crippen LogP contribution in [0.25, 0.3) is 138 Å². The first kappa shape index (κ1) is 42.6. The molecule has 15 aromatic rings. The summed E-state index contributed by atoms with van der Waals surface area (Å²) < 4.78 is 17.9. The number of hydrogen-bond acceptors (Lipinski definition) is 2. The van der Waals surface area contributed by atoms with Gasteiger partial charge in [-0.1, -0.05) is 170 Å². The van der Waals surface area contributed by atoms with Crippen molar-refractivity contribution in [3.05, 3.63) is 272 Å². The lowest BCUT2D eigenvalue weighted by Crippen LogP contribution is -2.03. The van der Waals surface area contributed by atoms with Crippen LogP contribution in [-0.2, 0) is 0 Å². The molecule has 0 saturated heterocycles. The van der Waals surface area contributed by atoms with Crippen molar-refractivity contribution in [2.75, 3.05) is 0 Å². The highest BCUT2D eigenvalue weighted by atomic mass is 16.3. The number of nitrogens with zero attached hydrogens (tertiary/aromatic N) is 2. The van der Waals surface area contributed by atoms with Gasteiger partial charge in [0.1, 0.15) is 22.3 Å². The summed E-state index contributed by atoms with van der Waals surface area (Å²) in [6.07, 6.45) is 8.03. The Bertz CT molecular complexity index is 4910. The van der Waals surface area contributed by atoms with Crippen LogP contribution in [0.4, 0.5) is 0 Å². The molecular formula is C72H46N2O2. The van der Waals surface area contributed by atoms with Crippen LogP contribution >= 0.6 is 0 Å². The predicted octanol–water partition coefficient (Wildman–Crippen LogP) is 19.8. The van der Waals surface area contributed by atoms with Crippen LogP contribution in [0.2, 0.25) is 0 Å². The number of fused-ring (bicyclic) bond motifs is 12. The first-order valence-corrected chi connectivity index (χ1v) is 26.2. The van der Waals surface area contributed by atoms with Gasteiger partial charge in [-0.05, 0) is 142 Å². The number of allylic oxidation sites excluding steroid dienone is 4. The maximum absolute atomic E-state index is 6.52. The molecule has 0 spiro atoms. The summed E-state index contributed by atoms with van der Waals surface area (Å²) in [5.41, 5.74) is 21.4. The minimum absolute atomic E-state index is 0.203. The van der Waals surface area contributed by atoms with Gasteiger partial charge in [-0.2, -0.15) is 0 Å². The minimum atomic E-state index is 0.203. The lowest BCUT2D eigenvalue weighted by Gasteiger charge is -2.20. The first-order valence-electron chi connectivity index (χ1n) is 26.2. The van der Waals surface area contributed by atoms with E-state index in [1.54, 1.807) is 0 Å². The van der Waals surface area contributed by atoms with Crippen LogP contribution in [0.1, 0.15) is 23.5 Å². The molecule has 76 heavy (non-hydrogen) atoms. The summed E-state index contributed by atoms with van der Waals surface area (Å²) in [7, 11) is 0. The molecule has 356 valence electrons. The smallest absolute Gasteiger partial charge is 0.135 e. The summed E-state index contributed by atoms with van der Waals surface area (Å²) in [5.74, 6) is 0.203. The highest BCUT2D eigenvalue weighted by molar-refractivity contribution is 6.15. The second-order valence-electron chi connectivity index (χ2n) is 20.3. The number of para-hydroxylation sites is 6. The molecule has 0 radical (unpaired) electrons. The third-order valence-corrected chi connectivity index (χ3v) is 16.0. The maximum atomic E-state index is 6.52. The van der Waals surface area contributed by atoms with E-state index in [0.29, 0.717) is 0 Å². The molecule has 1 atom stereocenters. The van der Waals surface area contributed by atoms with Crippen molar-refractivity contribution in [3.8, 4) is 44.8 Å². The monoisotopic (exact) mass is 970 g/mol. The van der Waals surface area contributed by atoms with Gasteiger partial charge in [0.15, 0.2) is 0 Å². The lowest BCUT2D eigenvalue weighted by molar-refractivity contribution is 0.668. The van der Waals surface area contributed by atoms with Gasteiger partial charge in [0.25, 0.3) is 0 Å². The van der Waals surface area contributed by atoms with Crippen molar-refractivity contribution in [1.29, 1.82) is 0 Å². The summed E-state index contributed by atoms with van der Waals surface area (Å²) in [6, 6.07) is 87.9. The molecular weight excluding hydrogens is 925 g/mol. The van der Waals surface area contributed by atoms with E-state index in [-0.39, 0.29) is 5.92 Å². The topological polar surface area (TPSA) is 36.1 Å². The van der Waals surface area contributed by atoms with Crippen molar-refractivity contribution >= 4 is 93.1 Å². The third kappa shape index (κ3) is 6.64. The molecule has 1 aliphatic rings. The number of rotatable bonds is 7. The Morgan fingerprint density at radius 1 is 0.329 bits per heavy atom. The second-order valence-corrected chi connectivity index (χ2v) is 20.3. The number of benzene rings is 11. The highest BCUT2D eigenvalue weighted by Gasteiger charge is 2.23. The predicted molar refractivity (Wildman–Crippen MR) is 317 cm³/mol. The van der Waals surface area contributed by atoms with E-state index in [2.05, 4.69) is 270 Å². The van der Waals surface area contributed by atoms with E-state index in [0.717, 1.165) is 78.2 Å². The molecule has 0 saturated carbocycles. The van der Waals surface area contributed by atoms with Crippen molar-refractivity contribution in [2.24, 2.45) is 0 Å². The molecule has 4 heterocycles. The van der Waals surface area contributed by atoms with Crippen LogP contribution in [0, 0.1) is 0 Å². The molecule has 4 nitrogen and oxygen atoms in total. The molecule has 1 unspecified atom stereocenters. The van der Waals surface area contributed by atoms with Crippen molar-refractivity contribution < 1.29 is 8.83 Å². The van der Waals surface area contributed by atoms with Crippen LogP contribution in [-0.4, -0.2) is 9.13 Å². The van der Waals surface area contributed by atoms with Gasteiger partial charge in [-0.15, -0.1) is 0 Å². The summed E-state index contributed by atoms with van der Waals surface area (Å²) >= 11 is 0. The van der Waals surface area contributed by atoms with E-state index in [1.807, 2.05) is 0 Å². The van der Waals surface area contributed by atoms with E-state index in [4.69, 9.17) is 8.83 Å². The maximum Gasteiger partial charge on any atom is 0.135 e. The minimum Gasteiger partial charge on any atom is -0.456 e. The SMILES string of the molecule is C1=CC(c2ccc3oc4ccc(-c5ccc6oc7ccc(-c8cccc(-c9cccc%10c%11ccccc%11n(-c%11ccccc%11)c9%10)c8)cc7c6c5)cc4c3c2)=CC(c2cccc3c4ccccc4n(-c4ccccc4)c23)C1. The normalized spacial score (nSPS) is 13.9. The molecule has 16 rings (SSSR count). The van der Waals surface area contributed by atoms with Crippen LogP contribution in [0.5, 0.6) is 0 Å². The fourth-order valence-electron chi connectivity index (χ4n) is 12.5. The average molecular weight is 971 g/mol. The Morgan fingerprint density at radius 3 is 1.37 bits per heavy atom. The molecule has 1 aliphatic carbocycles. The summed E-state index contributed by atoms with van der Waals surface area (Å²) in [5, 5.41) is 9.44. The third-order valence-electron chi connectivity index (χ3n) is 16.0. The summed E-state index contributed by atoms with van der Waals surface area (Å²) in [6.45, 7) is 0. The van der Waals surface area contributed by atoms with Gasteiger partial charge < -0.3 is 18.0 Å². The zero-order chi connectivity index (χ0) is 49.8. The fraction of sp³-hybridized carbons (Fsp3) is 0.0278. The van der Waals surface area contributed by atoms with Gasteiger partial charge in [0.05, 0.1) is 22.1 Å².